The number of hydrogen-bond donors (Lipinski definition) is 0. The summed E-state index contributed by atoms with van der Waals surface area (Å²) < 4.78 is 15.5. The lowest BCUT2D eigenvalue weighted by atomic mass is 9.93. The van der Waals surface area contributed by atoms with E-state index < -0.39 is 11.9 Å². The van der Waals surface area contributed by atoms with Crippen molar-refractivity contribution in [3.8, 4) is 11.5 Å². The zero-order chi connectivity index (χ0) is 16.0. The molecule has 0 fully saturated rings. The van der Waals surface area contributed by atoms with E-state index in [1.807, 2.05) is 6.92 Å². The van der Waals surface area contributed by atoms with Gasteiger partial charge < -0.3 is 14.2 Å². The van der Waals surface area contributed by atoms with Crippen molar-refractivity contribution in [2.75, 3.05) is 20.8 Å². The first-order valence-electron chi connectivity index (χ1n) is 6.93. The molecule has 0 aliphatic rings. The third-order valence-corrected chi connectivity index (χ3v) is 3.25. The first-order chi connectivity index (χ1) is 9.99. The van der Waals surface area contributed by atoms with Crippen LogP contribution in [0, 0.1) is 12.8 Å². The van der Waals surface area contributed by atoms with E-state index >= 15 is 0 Å². The number of rotatable bonds is 7. The molecule has 0 aromatic heterocycles. The Morgan fingerprint density at radius 1 is 1.14 bits per heavy atom. The van der Waals surface area contributed by atoms with Gasteiger partial charge in [0.1, 0.15) is 17.4 Å². The highest BCUT2D eigenvalue weighted by Crippen LogP contribution is 2.31. The van der Waals surface area contributed by atoms with Crippen molar-refractivity contribution in [2.45, 2.75) is 27.2 Å². The maximum absolute atomic E-state index is 12.7. The van der Waals surface area contributed by atoms with Gasteiger partial charge in [-0.25, -0.2) is 0 Å². The molecule has 116 valence electrons. The molecule has 0 spiro atoms. The van der Waals surface area contributed by atoms with Crippen LogP contribution in [0.4, 0.5) is 0 Å². The minimum absolute atomic E-state index is 0.247. The lowest BCUT2D eigenvalue weighted by molar-refractivity contribution is -0.146. The van der Waals surface area contributed by atoms with Gasteiger partial charge in [0.25, 0.3) is 0 Å². The number of benzene rings is 1. The van der Waals surface area contributed by atoms with Crippen molar-refractivity contribution in [3.05, 3.63) is 23.3 Å². The van der Waals surface area contributed by atoms with Crippen LogP contribution in [0.1, 0.15) is 36.2 Å². The molecule has 0 N–H and O–H groups in total. The molecule has 0 heterocycles. The molecule has 0 radical (unpaired) electrons. The maximum Gasteiger partial charge on any atom is 0.316 e. The third kappa shape index (κ3) is 3.74. The van der Waals surface area contributed by atoms with Gasteiger partial charge in [0.2, 0.25) is 0 Å². The summed E-state index contributed by atoms with van der Waals surface area (Å²) in [6.45, 7) is 5.56. The molecule has 1 aromatic carbocycles. The molecule has 0 saturated carbocycles. The molecule has 0 aliphatic heterocycles. The van der Waals surface area contributed by atoms with Crippen molar-refractivity contribution in [2.24, 2.45) is 5.92 Å². The lowest BCUT2D eigenvalue weighted by Gasteiger charge is -2.17. The van der Waals surface area contributed by atoms with Gasteiger partial charge in [0.15, 0.2) is 5.78 Å². The Bertz CT molecular complexity index is 522. The molecule has 0 saturated heterocycles. The van der Waals surface area contributed by atoms with Gasteiger partial charge in [-0.05, 0) is 38.0 Å². The Labute approximate surface area is 125 Å². The first kappa shape index (κ1) is 17.0. The Morgan fingerprint density at radius 3 is 2.29 bits per heavy atom. The number of ketones is 1. The minimum atomic E-state index is -0.828. The number of hydrogen-bond acceptors (Lipinski definition) is 5. The molecular weight excluding hydrogens is 272 g/mol. The summed E-state index contributed by atoms with van der Waals surface area (Å²) >= 11 is 0. The fraction of sp³-hybridized carbons (Fsp3) is 0.500. The van der Waals surface area contributed by atoms with Crippen LogP contribution in [-0.2, 0) is 9.53 Å². The van der Waals surface area contributed by atoms with Crippen molar-refractivity contribution in [1.29, 1.82) is 0 Å². The molecule has 0 bridgehead atoms. The normalized spacial score (nSPS) is 11.7. The van der Waals surface area contributed by atoms with E-state index in [1.54, 1.807) is 26.0 Å². The van der Waals surface area contributed by atoms with E-state index in [9.17, 15) is 9.59 Å². The van der Waals surface area contributed by atoms with Crippen LogP contribution in [0.2, 0.25) is 0 Å². The molecule has 0 aliphatic carbocycles. The summed E-state index contributed by atoms with van der Waals surface area (Å²) in [7, 11) is 3.02. The van der Waals surface area contributed by atoms with Gasteiger partial charge in [0.05, 0.1) is 26.4 Å². The number of carbonyl (C=O) groups excluding carboxylic acids is 2. The summed E-state index contributed by atoms with van der Waals surface area (Å²) in [5.41, 5.74) is 1.12. The van der Waals surface area contributed by atoms with E-state index in [-0.39, 0.29) is 12.4 Å². The third-order valence-electron chi connectivity index (χ3n) is 3.25. The fourth-order valence-electron chi connectivity index (χ4n) is 2.20. The van der Waals surface area contributed by atoms with E-state index in [4.69, 9.17) is 14.2 Å². The van der Waals surface area contributed by atoms with Crippen LogP contribution >= 0.6 is 0 Å². The predicted octanol–water partition coefficient (Wildman–Crippen LogP) is 2.78. The summed E-state index contributed by atoms with van der Waals surface area (Å²) in [5, 5.41) is 0. The molecule has 5 heteroatoms. The van der Waals surface area contributed by atoms with Crippen LogP contribution in [-0.4, -0.2) is 32.6 Å². The maximum atomic E-state index is 12.7. The summed E-state index contributed by atoms with van der Waals surface area (Å²) in [6, 6.07) is 3.37. The smallest absolute Gasteiger partial charge is 0.316 e. The second-order valence-corrected chi connectivity index (χ2v) is 4.60. The summed E-state index contributed by atoms with van der Waals surface area (Å²) in [4.78, 5) is 24.6. The quantitative estimate of drug-likeness (QED) is 0.439. The monoisotopic (exact) mass is 294 g/mol. The Morgan fingerprint density at radius 2 is 1.81 bits per heavy atom. The molecule has 1 atom stereocenters. The topological polar surface area (TPSA) is 61.8 Å². The lowest BCUT2D eigenvalue weighted by Crippen LogP contribution is -2.26. The van der Waals surface area contributed by atoms with Crippen LogP contribution in [0.5, 0.6) is 11.5 Å². The van der Waals surface area contributed by atoms with Crippen molar-refractivity contribution >= 4 is 11.8 Å². The second kappa shape index (κ2) is 7.67. The average Bonchev–Trinajstić information content (AvgIpc) is 2.47. The molecule has 1 unspecified atom stereocenters. The van der Waals surface area contributed by atoms with Crippen molar-refractivity contribution in [3.63, 3.8) is 0 Å². The van der Waals surface area contributed by atoms with Crippen LogP contribution in [0.25, 0.3) is 0 Å². The Balaban J connectivity index is 3.26. The molecular formula is C16H22O5. The van der Waals surface area contributed by atoms with E-state index in [1.165, 1.54) is 14.2 Å². The fourth-order valence-corrected chi connectivity index (χ4v) is 2.20. The second-order valence-electron chi connectivity index (χ2n) is 4.60. The van der Waals surface area contributed by atoms with Gasteiger partial charge in [-0.2, -0.15) is 0 Å². The van der Waals surface area contributed by atoms with Crippen LogP contribution in [0.3, 0.4) is 0 Å². The zero-order valence-corrected chi connectivity index (χ0v) is 13.2. The van der Waals surface area contributed by atoms with Gasteiger partial charge in [-0.3, -0.25) is 9.59 Å². The number of carbonyl (C=O) groups is 2. The highest BCUT2D eigenvalue weighted by molar-refractivity contribution is 6.10. The van der Waals surface area contributed by atoms with Gasteiger partial charge in [-0.1, -0.05) is 6.92 Å². The zero-order valence-electron chi connectivity index (χ0n) is 13.2. The highest BCUT2D eigenvalue weighted by atomic mass is 16.5. The summed E-state index contributed by atoms with van der Waals surface area (Å²) in [6.07, 6.45) is 0.372. The van der Waals surface area contributed by atoms with E-state index in [2.05, 4.69) is 0 Å². The largest absolute Gasteiger partial charge is 0.497 e. The Hall–Kier alpha value is -2.04. The first-order valence-corrected chi connectivity index (χ1v) is 6.93. The predicted molar refractivity (Wildman–Crippen MR) is 79.0 cm³/mol. The minimum Gasteiger partial charge on any atom is -0.497 e. The number of ether oxygens (including phenoxy) is 3. The van der Waals surface area contributed by atoms with Crippen LogP contribution < -0.4 is 9.47 Å². The average molecular weight is 294 g/mol. The SMILES string of the molecule is CCOC(=O)C(CC)C(=O)c1cc(OC)cc(C)c1OC. The van der Waals surface area contributed by atoms with Gasteiger partial charge in [0, 0.05) is 0 Å². The Kier molecular flexibility index (Phi) is 6.21. The summed E-state index contributed by atoms with van der Waals surface area (Å²) in [5.74, 6) is -0.633. The van der Waals surface area contributed by atoms with Crippen molar-refractivity contribution in [1.82, 2.24) is 0 Å². The van der Waals surface area contributed by atoms with Gasteiger partial charge >= 0.3 is 5.97 Å². The molecule has 0 amide bonds. The molecule has 1 rings (SSSR count). The number of Topliss-reactive ketones (excluding diaryl/α,β-unsaturated/α-hetero) is 1. The van der Waals surface area contributed by atoms with Crippen molar-refractivity contribution < 1.29 is 23.8 Å². The standard InChI is InChI=1S/C16H22O5/c1-6-12(16(18)21-7-2)14(17)13-9-11(19-4)8-10(3)15(13)20-5/h8-9,12H,6-7H2,1-5H3. The number of aryl methyl sites for hydroxylation is 1. The highest BCUT2D eigenvalue weighted by Gasteiger charge is 2.30. The van der Waals surface area contributed by atoms with E-state index in [0.717, 1.165) is 5.56 Å². The van der Waals surface area contributed by atoms with Gasteiger partial charge in [-0.15, -0.1) is 0 Å². The van der Waals surface area contributed by atoms with E-state index in [0.29, 0.717) is 23.5 Å². The number of esters is 1. The molecule has 1 aromatic rings. The van der Waals surface area contributed by atoms with Crippen LogP contribution in [0.15, 0.2) is 12.1 Å². The number of methoxy groups -OCH3 is 2. The molecule has 21 heavy (non-hydrogen) atoms. The molecule has 5 nitrogen and oxygen atoms in total.